The summed E-state index contributed by atoms with van der Waals surface area (Å²) in [6.07, 6.45) is 1.57. The summed E-state index contributed by atoms with van der Waals surface area (Å²) in [6.45, 7) is 1.43. The number of carbonyl (C=O) groups is 4. The van der Waals surface area contributed by atoms with Gasteiger partial charge in [0.1, 0.15) is 12.3 Å². The van der Waals surface area contributed by atoms with Crippen LogP contribution >= 0.6 is 27.7 Å². The van der Waals surface area contributed by atoms with E-state index in [1.165, 1.54) is 0 Å². The van der Waals surface area contributed by atoms with Crippen molar-refractivity contribution in [1.29, 1.82) is 0 Å². The SMILES string of the molecule is Cc1ccc(NC(=O)COc2ccc(/C=C3/SC(=O)N(CC(=O)Nc4ccc(Br)cc4)C3=O)cc2)cc1. The molecule has 0 bridgehead atoms. The Hall–Kier alpha value is -3.89. The Labute approximate surface area is 226 Å². The van der Waals surface area contributed by atoms with Gasteiger partial charge in [-0.2, -0.15) is 0 Å². The second-order valence-corrected chi connectivity index (χ2v) is 10.0. The number of amides is 4. The molecule has 1 aliphatic heterocycles. The fraction of sp³-hybridized carbons (Fsp3) is 0.111. The average molecular weight is 580 g/mol. The van der Waals surface area contributed by atoms with Crippen LogP contribution in [0.2, 0.25) is 0 Å². The molecule has 1 saturated heterocycles. The van der Waals surface area contributed by atoms with E-state index in [2.05, 4.69) is 26.6 Å². The number of ether oxygens (including phenoxy) is 1. The maximum Gasteiger partial charge on any atom is 0.294 e. The van der Waals surface area contributed by atoms with E-state index in [1.54, 1.807) is 54.6 Å². The predicted molar refractivity (Wildman–Crippen MR) is 147 cm³/mol. The number of hydrogen-bond donors (Lipinski definition) is 2. The monoisotopic (exact) mass is 579 g/mol. The number of hydrogen-bond acceptors (Lipinski definition) is 6. The minimum Gasteiger partial charge on any atom is -0.484 e. The van der Waals surface area contributed by atoms with Crippen LogP contribution in [0.15, 0.2) is 82.2 Å². The van der Waals surface area contributed by atoms with Crippen LogP contribution in [0.4, 0.5) is 16.2 Å². The van der Waals surface area contributed by atoms with Crippen LogP contribution in [0.1, 0.15) is 11.1 Å². The van der Waals surface area contributed by atoms with Crippen molar-refractivity contribution in [2.45, 2.75) is 6.92 Å². The Kier molecular flexibility index (Phi) is 8.42. The number of imide groups is 1. The lowest BCUT2D eigenvalue weighted by Gasteiger charge is -2.12. The summed E-state index contributed by atoms with van der Waals surface area (Å²) < 4.78 is 6.39. The van der Waals surface area contributed by atoms with Gasteiger partial charge in [-0.1, -0.05) is 45.8 Å². The Morgan fingerprint density at radius 2 is 1.49 bits per heavy atom. The van der Waals surface area contributed by atoms with Crippen LogP contribution in [0.25, 0.3) is 6.08 Å². The highest BCUT2D eigenvalue weighted by Gasteiger charge is 2.36. The molecule has 188 valence electrons. The molecule has 0 unspecified atom stereocenters. The van der Waals surface area contributed by atoms with Crippen LogP contribution in [0.3, 0.4) is 0 Å². The summed E-state index contributed by atoms with van der Waals surface area (Å²) in [5.41, 5.74) is 3.02. The maximum absolute atomic E-state index is 12.7. The lowest BCUT2D eigenvalue weighted by molar-refractivity contribution is -0.127. The number of nitrogens with one attached hydrogen (secondary N) is 2. The zero-order valence-electron chi connectivity index (χ0n) is 19.7. The second-order valence-electron chi connectivity index (χ2n) is 8.09. The van der Waals surface area contributed by atoms with E-state index in [0.717, 1.165) is 26.7 Å². The molecule has 4 amide bonds. The zero-order chi connectivity index (χ0) is 26.4. The van der Waals surface area contributed by atoms with Gasteiger partial charge in [-0.15, -0.1) is 0 Å². The first kappa shape index (κ1) is 26.2. The van der Waals surface area contributed by atoms with Crippen molar-refractivity contribution in [3.63, 3.8) is 0 Å². The first-order valence-electron chi connectivity index (χ1n) is 11.2. The fourth-order valence-electron chi connectivity index (χ4n) is 3.31. The number of rotatable bonds is 8. The molecule has 0 aliphatic carbocycles. The number of aryl methyl sites for hydroxylation is 1. The van der Waals surface area contributed by atoms with Crippen molar-refractivity contribution >= 4 is 68.1 Å². The highest BCUT2D eigenvalue weighted by molar-refractivity contribution is 9.10. The summed E-state index contributed by atoms with van der Waals surface area (Å²) in [5, 5.41) is 4.91. The van der Waals surface area contributed by atoms with Crippen molar-refractivity contribution in [3.8, 4) is 5.75 Å². The first-order valence-corrected chi connectivity index (χ1v) is 12.8. The smallest absolute Gasteiger partial charge is 0.294 e. The number of nitrogens with zero attached hydrogens (tertiary/aromatic N) is 1. The largest absolute Gasteiger partial charge is 0.484 e. The third-order valence-corrected chi connectivity index (χ3v) is 6.62. The van der Waals surface area contributed by atoms with Gasteiger partial charge in [0.25, 0.3) is 17.1 Å². The summed E-state index contributed by atoms with van der Waals surface area (Å²) in [5.74, 6) is -0.812. The van der Waals surface area contributed by atoms with Crippen molar-refractivity contribution in [1.82, 2.24) is 4.90 Å². The third-order valence-electron chi connectivity index (χ3n) is 5.19. The molecule has 0 atom stereocenters. The van der Waals surface area contributed by atoms with Gasteiger partial charge in [-0.25, -0.2) is 0 Å². The molecular formula is C27H22BrN3O5S. The van der Waals surface area contributed by atoms with Gasteiger partial charge in [0.05, 0.1) is 4.91 Å². The Bertz CT molecular complexity index is 1360. The van der Waals surface area contributed by atoms with Crippen molar-refractivity contribution in [3.05, 3.63) is 93.3 Å². The molecule has 0 radical (unpaired) electrons. The van der Waals surface area contributed by atoms with E-state index < -0.39 is 17.1 Å². The number of anilines is 2. The number of thioether (sulfide) groups is 1. The zero-order valence-corrected chi connectivity index (χ0v) is 22.1. The molecule has 3 aromatic carbocycles. The first-order chi connectivity index (χ1) is 17.8. The Morgan fingerprint density at radius 3 is 2.14 bits per heavy atom. The molecule has 37 heavy (non-hydrogen) atoms. The highest BCUT2D eigenvalue weighted by atomic mass is 79.9. The quantitative estimate of drug-likeness (QED) is 0.344. The summed E-state index contributed by atoms with van der Waals surface area (Å²) in [6, 6.07) is 21.2. The molecule has 1 fully saturated rings. The van der Waals surface area contributed by atoms with Crippen LogP contribution in [0.5, 0.6) is 5.75 Å². The Balaban J connectivity index is 1.30. The molecule has 1 heterocycles. The highest BCUT2D eigenvalue weighted by Crippen LogP contribution is 2.32. The molecule has 0 aromatic heterocycles. The van der Waals surface area contributed by atoms with Gasteiger partial charge < -0.3 is 15.4 Å². The lowest BCUT2D eigenvalue weighted by atomic mass is 10.2. The molecule has 8 nitrogen and oxygen atoms in total. The predicted octanol–water partition coefficient (Wildman–Crippen LogP) is 5.45. The molecule has 0 spiro atoms. The molecular weight excluding hydrogens is 558 g/mol. The number of carbonyl (C=O) groups excluding carboxylic acids is 4. The molecule has 2 N–H and O–H groups in total. The second kappa shape index (κ2) is 11.9. The van der Waals surface area contributed by atoms with E-state index in [-0.39, 0.29) is 24.0 Å². The van der Waals surface area contributed by atoms with Crippen molar-refractivity contribution < 1.29 is 23.9 Å². The molecule has 4 rings (SSSR count). The lowest BCUT2D eigenvalue weighted by Crippen LogP contribution is -2.36. The normalized spacial score (nSPS) is 14.1. The van der Waals surface area contributed by atoms with Crippen LogP contribution in [-0.2, 0) is 14.4 Å². The van der Waals surface area contributed by atoms with Gasteiger partial charge >= 0.3 is 0 Å². The third kappa shape index (κ3) is 7.31. The van der Waals surface area contributed by atoms with Gasteiger partial charge in [0, 0.05) is 15.8 Å². The van der Waals surface area contributed by atoms with Crippen molar-refractivity contribution in [2.75, 3.05) is 23.8 Å². The Morgan fingerprint density at radius 1 is 0.892 bits per heavy atom. The van der Waals surface area contributed by atoms with Crippen molar-refractivity contribution in [2.24, 2.45) is 0 Å². The maximum atomic E-state index is 12.7. The minimum absolute atomic E-state index is 0.158. The fourth-order valence-corrected chi connectivity index (χ4v) is 4.41. The molecule has 1 aliphatic rings. The van der Waals surface area contributed by atoms with Gasteiger partial charge in [0.2, 0.25) is 5.91 Å². The average Bonchev–Trinajstić information content (AvgIpc) is 3.13. The van der Waals surface area contributed by atoms with Crippen LogP contribution in [-0.4, -0.2) is 41.0 Å². The summed E-state index contributed by atoms with van der Waals surface area (Å²) in [7, 11) is 0. The van der Waals surface area contributed by atoms with Gasteiger partial charge in [-0.3, -0.25) is 24.1 Å². The van der Waals surface area contributed by atoms with Crippen LogP contribution in [0, 0.1) is 6.92 Å². The van der Waals surface area contributed by atoms with Gasteiger partial charge in [-0.05, 0) is 78.9 Å². The molecule has 3 aromatic rings. The topological polar surface area (TPSA) is 105 Å². The minimum atomic E-state index is -0.533. The van der Waals surface area contributed by atoms with E-state index >= 15 is 0 Å². The van der Waals surface area contributed by atoms with E-state index in [1.807, 2.05) is 31.2 Å². The van der Waals surface area contributed by atoms with E-state index in [4.69, 9.17) is 4.74 Å². The standard InChI is InChI=1S/C27H22BrN3O5S/c1-17-2-8-20(9-3-17)30-25(33)16-36-22-12-4-18(5-13-22)14-23-26(34)31(27(35)37-23)15-24(32)29-21-10-6-19(28)7-11-21/h2-14H,15-16H2,1H3,(H,29,32)(H,30,33)/b23-14+. The molecule has 10 heteroatoms. The van der Waals surface area contributed by atoms with Crippen LogP contribution < -0.4 is 15.4 Å². The van der Waals surface area contributed by atoms with E-state index in [9.17, 15) is 19.2 Å². The summed E-state index contributed by atoms with van der Waals surface area (Å²) in [4.78, 5) is 50.6. The number of benzene rings is 3. The van der Waals surface area contributed by atoms with E-state index in [0.29, 0.717) is 22.7 Å². The number of halogens is 1. The molecule has 0 saturated carbocycles. The summed E-state index contributed by atoms with van der Waals surface area (Å²) >= 11 is 4.09. The van der Waals surface area contributed by atoms with Gasteiger partial charge in [0.15, 0.2) is 6.61 Å².